The molecule has 192 valence electrons. The first kappa shape index (κ1) is 24.8. The lowest BCUT2D eigenvalue weighted by atomic mass is 9.95. The largest absolute Gasteiger partial charge is 0.328 e. The van der Waals surface area contributed by atoms with Gasteiger partial charge in [0.25, 0.3) is 0 Å². The number of ketones is 1. The number of tetrazole rings is 1. The topological polar surface area (TPSA) is 111 Å². The van der Waals surface area contributed by atoms with Gasteiger partial charge in [0.05, 0.1) is 18.3 Å². The first-order valence-electron chi connectivity index (χ1n) is 13.1. The van der Waals surface area contributed by atoms with Crippen LogP contribution in [0.15, 0.2) is 53.6 Å². The first-order valence-corrected chi connectivity index (χ1v) is 13.1. The minimum absolute atomic E-state index is 0.0392. The van der Waals surface area contributed by atoms with E-state index in [4.69, 9.17) is 4.98 Å². The third-order valence-electron chi connectivity index (χ3n) is 7.60. The summed E-state index contributed by atoms with van der Waals surface area (Å²) in [6, 6.07) is 11.7. The highest BCUT2D eigenvalue weighted by Crippen LogP contribution is 2.40. The number of hydrogen-bond donors (Lipinski definition) is 1. The van der Waals surface area contributed by atoms with Gasteiger partial charge in [-0.3, -0.25) is 18.9 Å². The molecule has 0 saturated heterocycles. The van der Waals surface area contributed by atoms with Crippen LogP contribution in [0.1, 0.15) is 63.8 Å². The highest BCUT2D eigenvalue weighted by atomic mass is 16.2. The minimum Gasteiger partial charge on any atom is -0.300 e. The number of pyridine rings is 1. The highest BCUT2D eigenvalue weighted by molar-refractivity contribution is 5.79. The van der Waals surface area contributed by atoms with Gasteiger partial charge >= 0.3 is 5.69 Å². The zero-order valence-corrected chi connectivity index (χ0v) is 21.6. The van der Waals surface area contributed by atoms with Gasteiger partial charge in [-0.15, -0.1) is 10.2 Å². The van der Waals surface area contributed by atoms with Crippen LogP contribution in [0.2, 0.25) is 0 Å². The van der Waals surface area contributed by atoms with Gasteiger partial charge in [-0.05, 0) is 55.4 Å². The SMILES string of the molecule is CCCCc1cn(C2C(C)CCC2C(C)=O)c(=O)n1Cc1ccc(-c2ccccc2-c2nn[nH]n2)nc1. The molecule has 1 fully saturated rings. The molecule has 1 N–H and O–H groups in total. The molecule has 3 heterocycles. The average Bonchev–Trinajstić information content (AvgIpc) is 3.64. The summed E-state index contributed by atoms with van der Waals surface area (Å²) in [6.07, 6.45) is 8.52. The van der Waals surface area contributed by atoms with Crippen molar-refractivity contribution in [1.29, 1.82) is 0 Å². The molecule has 1 aliphatic rings. The van der Waals surface area contributed by atoms with Crippen molar-refractivity contribution in [3.05, 3.63) is 70.5 Å². The Kier molecular flexibility index (Phi) is 7.12. The fraction of sp³-hybridized carbons (Fsp3) is 0.429. The maximum Gasteiger partial charge on any atom is 0.328 e. The summed E-state index contributed by atoms with van der Waals surface area (Å²) < 4.78 is 3.71. The van der Waals surface area contributed by atoms with E-state index >= 15 is 0 Å². The van der Waals surface area contributed by atoms with Crippen LogP contribution in [-0.2, 0) is 17.8 Å². The molecule has 0 bridgehead atoms. The summed E-state index contributed by atoms with van der Waals surface area (Å²) in [5.74, 6) is 0.884. The molecule has 0 aliphatic heterocycles. The third-order valence-corrected chi connectivity index (χ3v) is 7.60. The third kappa shape index (κ3) is 4.90. The molecule has 3 atom stereocenters. The van der Waals surface area contributed by atoms with Crippen LogP contribution in [0.3, 0.4) is 0 Å². The van der Waals surface area contributed by atoms with Gasteiger partial charge in [0.2, 0.25) is 5.82 Å². The van der Waals surface area contributed by atoms with Crippen LogP contribution in [0, 0.1) is 11.8 Å². The predicted octanol–water partition coefficient (Wildman–Crippen LogP) is 4.46. The highest BCUT2D eigenvalue weighted by Gasteiger charge is 2.38. The number of carbonyl (C=O) groups excluding carboxylic acids is 1. The maximum atomic E-state index is 13.7. The standard InChI is InChI=1S/C28H33N7O2/c1-4-5-8-21-17-35(26-18(2)11-13-22(26)19(3)36)28(37)34(21)16-20-12-14-25(29-15-20)23-9-6-7-10-24(23)27-30-32-33-31-27/h6-7,9-10,12,14-15,17-18,22,26H,4-5,8,11,13,16H2,1-3H3,(H,30,31,32,33). The monoisotopic (exact) mass is 499 g/mol. The number of hydrogen-bond acceptors (Lipinski definition) is 6. The van der Waals surface area contributed by atoms with Gasteiger partial charge in [-0.25, -0.2) is 4.79 Å². The molecular formula is C28H33N7O2. The Morgan fingerprint density at radius 3 is 2.62 bits per heavy atom. The molecule has 9 heteroatoms. The van der Waals surface area contributed by atoms with Crippen LogP contribution in [0.5, 0.6) is 0 Å². The lowest BCUT2D eigenvalue weighted by Gasteiger charge is -2.21. The number of H-pyrrole nitrogens is 1. The number of aryl methyl sites for hydroxylation is 1. The van der Waals surface area contributed by atoms with Gasteiger partial charge in [0.15, 0.2) is 0 Å². The minimum atomic E-state index is -0.0946. The molecular weight excluding hydrogens is 466 g/mol. The second-order valence-electron chi connectivity index (χ2n) is 10.1. The molecule has 4 aromatic rings. The Morgan fingerprint density at radius 2 is 1.95 bits per heavy atom. The number of imidazole rings is 1. The number of rotatable bonds is 9. The van der Waals surface area contributed by atoms with Crippen LogP contribution in [-0.4, -0.2) is 40.5 Å². The number of aromatic amines is 1. The Bertz CT molecular complexity index is 1420. The van der Waals surface area contributed by atoms with E-state index in [9.17, 15) is 9.59 Å². The molecule has 0 spiro atoms. The lowest BCUT2D eigenvalue weighted by Crippen LogP contribution is -2.33. The molecule has 1 aliphatic carbocycles. The van der Waals surface area contributed by atoms with Crippen molar-refractivity contribution in [1.82, 2.24) is 34.7 Å². The molecule has 37 heavy (non-hydrogen) atoms. The Morgan fingerprint density at radius 1 is 1.14 bits per heavy atom. The predicted molar refractivity (Wildman–Crippen MR) is 141 cm³/mol. The van der Waals surface area contributed by atoms with Crippen molar-refractivity contribution in [3.8, 4) is 22.6 Å². The van der Waals surface area contributed by atoms with E-state index in [1.807, 2.05) is 57.9 Å². The zero-order valence-electron chi connectivity index (χ0n) is 21.6. The van der Waals surface area contributed by atoms with Crippen molar-refractivity contribution >= 4 is 5.78 Å². The quantitative estimate of drug-likeness (QED) is 0.364. The first-order chi connectivity index (χ1) is 18.0. The van der Waals surface area contributed by atoms with Crippen molar-refractivity contribution in [3.63, 3.8) is 0 Å². The van der Waals surface area contributed by atoms with E-state index in [1.165, 1.54) is 0 Å². The normalized spacial score (nSPS) is 19.4. The number of aromatic nitrogens is 7. The van der Waals surface area contributed by atoms with Crippen LogP contribution < -0.4 is 5.69 Å². The summed E-state index contributed by atoms with van der Waals surface area (Å²) in [6.45, 7) is 6.40. The molecule has 3 aromatic heterocycles. The van der Waals surface area contributed by atoms with Crippen molar-refractivity contribution in [2.75, 3.05) is 0 Å². The van der Waals surface area contributed by atoms with Gasteiger partial charge < -0.3 is 0 Å². The van der Waals surface area contributed by atoms with Crippen LogP contribution in [0.25, 0.3) is 22.6 Å². The van der Waals surface area contributed by atoms with Crippen molar-refractivity contribution in [2.45, 2.75) is 65.5 Å². The molecule has 3 unspecified atom stereocenters. The zero-order chi connectivity index (χ0) is 25.9. The van der Waals surface area contributed by atoms with E-state index in [-0.39, 0.29) is 23.4 Å². The van der Waals surface area contributed by atoms with Gasteiger partial charge in [-0.1, -0.05) is 50.6 Å². The number of Topliss-reactive ketones (excluding diaryl/α,β-unsaturated/α-hetero) is 1. The fourth-order valence-electron chi connectivity index (χ4n) is 5.62. The van der Waals surface area contributed by atoms with E-state index in [1.54, 1.807) is 6.92 Å². The summed E-state index contributed by atoms with van der Waals surface area (Å²) in [5, 5.41) is 14.4. The summed E-state index contributed by atoms with van der Waals surface area (Å²) >= 11 is 0. The Hall–Kier alpha value is -3.88. The maximum absolute atomic E-state index is 13.7. The summed E-state index contributed by atoms with van der Waals surface area (Å²) in [5.41, 5.74) is 4.47. The lowest BCUT2D eigenvalue weighted by molar-refractivity contribution is -0.121. The van der Waals surface area contributed by atoms with Gasteiger partial charge in [0.1, 0.15) is 5.78 Å². The summed E-state index contributed by atoms with van der Waals surface area (Å²) in [4.78, 5) is 30.8. The van der Waals surface area contributed by atoms with E-state index in [0.717, 1.165) is 60.2 Å². The van der Waals surface area contributed by atoms with Crippen LogP contribution >= 0.6 is 0 Å². The molecule has 1 saturated carbocycles. The van der Waals surface area contributed by atoms with E-state index < -0.39 is 0 Å². The average molecular weight is 500 g/mol. The second kappa shape index (κ2) is 10.6. The summed E-state index contributed by atoms with van der Waals surface area (Å²) in [7, 11) is 0. The number of nitrogens with one attached hydrogen (secondary N) is 1. The Balaban J connectivity index is 1.46. The van der Waals surface area contributed by atoms with Gasteiger partial charge in [-0.2, -0.15) is 5.21 Å². The molecule has 5 rings (SSSR count). The molecule has 9 nitrogen and oxygen atoms in total. The molecule has 1 aromatic carbocycles. The van der Waals surface area contributed by atoms with Crippen molar-refractivity contribution in [2.24, 2.45) is 11.8 Å². The van der Waals surface area contributed by atoms with Crippen molar-refractivity contribution < 1.29 is 4.79 Å². The van der Waals surface area contributed by atoms with Gasteiger partial charge in [0, 0.05) is 35.1 Å². The van der Waals surface area contributed by atoms with E-state index in [0.29, 0.717) is 18.3 Å². The number of benzene rings is 1. The number of unbranched alkanes of at least 4 members (excludes halogenated alkanes) is 1. The van der Waals surface area contributed by atoms with E-state index in [2.05, 4.69) is 34.5 Å². The smallest absolute Gasteiger partial charge is 0.300 e. The van der Waals surface area contributed by atoms with Crippen LogP contribution in [0.4, 0.5) is 0 Å². The Labute approximate surface area is 216 Å². The second-order valence-corrected chi connectivity index (χ2v) is 10.1. The number of carbonyl (C=O) groups is 1. The molecule has 0 amide bonds. The number of nitrogens with zero attached hydrogens (tertiary/aromatic N) is 6. The molecule has 0 radical (unpaired) electrons. The fourth-order valence-corrected chi connectivity index (χ4v) is 5.62.